The van der Waals surface area contributed by atoms with E-state index in [4.69, 9.17) is 9.26 Å². The van der Waals surface area contributed by atoms with Crippen LogP contribution in [0.4, 0.5) is 9.18 Å². The third-order valence-corrected chi connectivity index (χ3v) is 4.92. The number of rotatable bonds is 4. The lowest BCUT2D eigenvalue weighted by molar-refractivity contribution is -0.130. The van der Waals surface area contributed by atoms with Crippen molar-refractivity contribution in [1.29, 1.82) is 0 Å². The van der Waals surface area contributed by atoms with Gasteiger partial charge in [0.2, 0.25) is 17.6 Å². The fraction of sp³-hybridized carbons (Fsp3) is 0.524. The molecule has 0 radical (unpaired) electrons. The molecule has 1 aromatic carbocycles. The van der Waals surface area contributed by atoms with Crippen molar-refractivity contribution in [1.82, 2.24) is 20.4 Å². The monoisotopic (exact) mass is 418 g/mol. The molecule has 8 nitrogen and oxygen atoms in total. The number of nitrogens with zero attached hydrogens (tertiary/aromatic N) is 3. The molecule has 9 heteroatoms. The summed E-state index contributed by atoms with van der Waals surface area (Å²) >= 11 is 0. The van der Waals surface area contributed by atoms with Gasteiger partial charge in [-0.05, 0) is 53.2 Å². The van der Waals surface area contributed by atoms with Crippen LogP contribution in [-0.2, 0) is 9.53 Å². The van der Waals surface area contributed by atoms with E-state index in [1.807, 2.05) is 6.92 Å². The summed E-state index contributed by atoms with van der Waals surface area (Å²) in [5.41, 5.74) is -0.861. The zero-order chi connectivity index (χ0) is 22.1. The van der Waals surface area contributed by atoms with Gasteiger partial charge in [0.05, 0.1) is 5.41 Å². The van der Waals surface area contributed by atoms with E-state index >= 15 is 0 Å². The van der Waals surface area contributed by atoms with Crippen LogP contribution in [0.25, 0.3) is 11.4 Å². The Morgan fingerprint density at radius 2 is 2.10 bits per heavy atom. The van der Waals surface area contributed by atoms with Gasteiger partial charge in [0, 0.05) is 18.7 Å². The molecule has 1 aromatic heterocycles. The molecule has 1 fully saturated rings. The minimum absolute atomic E-state index is 0.216. The standard InChI is InChI=1S/C21H27FN4O4/c1-13(17-24-16(25-30-17)14-7-6-8-15(22)11-14)23-18(27)21(5)9-10-26(12-21)19(28)29-20(2,3)4/h6-8,11,13H,9-10,12H2,1-5H3,(H,23,27)/t13-,21-/m1/s1. The summed E-state index contributed by atoms with van der Waals surface area (Å²) in [6, 6.07) is 5.33. The van der Waals surface area contributed by atoms with Crippen molar-refractivity contribution in [3.8, 4) is 11.4 Å². The SMILES string of the molecule is C[C@@H](NC(=O)[C@]1(C)CCN(C(=O)OC(C)(C)C)C1)c1nc(-c2cccc(F)c2)no1. The number of hydrogen-bond acceptors (Lipinski definition) is 6. The van der Waals surface area contributed by atoms with E-state index in [1.165, 1.54) is 12.1 Å². The number of ether oxygens (including phenoxy) is 1. The Kier molecular flexibility index (Phi) is 5.83. The minimum Gasteiger partial charge on any atom is -0.444 e. The van der Waals surface area contributed by atoms with Crippen LogP contribution in [0.15, 0.2) is 28.8 Å². The topological polar surface area (TPSA) is 97.6 Å². The number of carbonyl (C=O) groups excluding carboxylic acids is 2. The third kappa shape index (κ3) is 4.95. The summed E-state index contributed by atoms with van der Waals surface area (Å²) in [5, 5.41) is 6.74. The van der Waals surface area contributed by atoms with E-state index in [2.05, 4.69) is 15.5 Å². The lowest BCUT2D eigenvalue weighted by Crippen LogP contribution is -2.43. The fourth-order valence-electron chi connectivity index (χ4n) is 3.22. The van der Waals surface area contributed by atoms with E-state index in [-0.39, 0.29) is 24.2 Å². The molecule has 2 atom stereocenters. The van der Waals surface area contributed by atoms with Crippen molar-refractivity contribution in [2.45, 2.75) is 52.7 Å². The van der Waals surface area contributed by atoms with Crippen molar-refractivity contribution in [2.24, 2.45) is 5.41 Å². The van der Waals surface area contributed by atoms with Crippen molar-refractivity contribution in [3.63, 3.8) is 0 Å². The van der Waals surface area contributed by atoms with E-state index in [0.717, 1.165) is 0 Å². The summed E-state index contributed by atoms with van der Waals surface area (Å²) in [4.78, 5) is 31.0. The molecule has 0 saturated carbocycles. The highest BCUT2D eigenvalue weighted by Gasteiger charge is 2.43. The van der Waals surface area contributed by atoms with Gasteiger partial charge in [0.25, 0.3) is 0 Å². The smallest absolute Gasteiger partial charge is 0.410 e. The van der Waals surface area contributed by atoms with Crippen LogP contribution in [0, 0.1) is 11.2 Å². The molecule has 162 valence electrons. The Bertz CT molecular complexity index is 939. The zero-order valence-corrected chi connectivity index (χ0v) is 17.9. The Hall–Kier alpha value is -2.97. The fourth-order valence-corrected chi connectivity index (χ4v) is 3.22. The van der Waals surface area contributed by atoms with Gasteiger partial charge in [-0.2, -0.15) is 4.98 Å². The molecule has 2 heterocycles. The largest absolute Gasteiger partial charge is 0.444 e. The van der Waals surface area contributed by atoms with Gasteiger partial charge in [0.15, 0.2) is 0 Å². The molecular formula is C21H27FN4O4. The van der Waals surface area contributed by atoms with Gasteiger partial charge in [0.1, 0.15) is 17.5 Å². The molecule has 3 rings (SSSR count). The maximum Gasteiger partial charge on any atom is 0.410 e. The lowest BCUT2D eigenvalue weighted by atomic mass is 9.88. The maximum atomic E-state index is 13.4. The molecule has 30 heavy (non-hydrogen) atoms. The van der Waals surface area contributed by atoms with Gasteiger partial charge in [-0.3, -0.25) is 4.79 Å². The number of amides is 2. The Morgan fingerprint density at radius 3 is 2.77 bits per heavy atom. The molecular weight excluding hydrogens is 391 g/mol. The summed E-state index contributed by atoms with van der Waals surface area (Å²) in [7, 11) is 0. The number of nitrogens with one attached hydrogen (secondary N) is 1. The van der Waals surface area contributed by atoms with E-state index in [1.54, 1.807) is 44.7 Å². The van der Waals surface area contributed by atoms with E-state index in [0.29, 0.717) is 18.5 Å². The lowest BCUT2D eigenvalue weighted by Gasteiger charge is -2.27. The number of likely N-dealkylation sites (tertiary alicyclic amines) is 1. The maximum absolute atomic E-state index is 13.4. The first-order valence-corrected chi connectivity index (χ1v) is 9.85. The molecule has 2 amide bonds. The zero-order valence-electron chi connectivity index (χ0n) is 17.9. The Morgan fingerprint density at radius 1 is 1.37 bits per heavy atom. The summed E-state index contributed by atoms with van der Waals surface area (Å²) < 4.78 is 24.0. The molecule has 1 aliphatic heterocycles. The van der Waals surface area contributed by atoms with Crippen LogP contribution in [0.5, 0.6) is 0 Å². The third-order valence-electron chi connectivity index (χ3n) is 4.92. The number of hydrogen-bond donors (Lipinski definition) is 1. The van der Waals surface area contributed by atoms with Crippen LogP contribution < -0.4 is 5.32 Å². The number of aromatic nitrogens is 2. The molecule has 0 aliphatic carbocycles. The second-order valence-corrected chi connectivity index (χ2v) is 8.87. The van der Waals surface area contributed by atoms with Crippen LogP contribution in [0.1, 0.15) is 53.0 Å². The molecule has 1 aliphatic rings. The predicted octanol–water partition coefficient (Wildman–Crippen LogP) is 3.70. The summed E-state index contributed by atoms with van der Waals surface area (Å²) in [6.07, 6.45) is 0.0899. The molecule has 2 aromatic rings. The minimum atomic E-state index is -0.753. The first kappa shape index (κ1) is 21.7. The molecule has 0 bridgehead atoms. The van der Waals surface area contributed by atoms with Crippen LogP contribution in [-0.4, -0.2) is 45.7 Å². The Labute approximate surface area is 174 Å². The van der Waals surface area contributed by atoms with Crippen molar-refractivity contribution in [3.05, 3.63) is 36.0 Å². The average molecular weight is 418 g/mol. The summed E-state index contributed by atoms with van der Waals surface area (Å²) in [6.45, 7) is 9.65. The van der Waals surface area contributed by atoms with Gasteiger partial charge in [-0.25, -0.2) is 9.18 Å². The highest BCUT2D eigenvalue weighted by Crippen LogP contribution is 2.32. The van der Waals surface area contributed by atoms with Crippen molar-refractivity contribution < 1.29 is 23.2 Å². The molecule has 0 unspecified atom stereocenters. The molecule has 1 saturated heterocycles. The van der Waals surface area contributed by atoms with Crippen molar-refractivity contribution in [2.75, 3.05) is 13.1 Å². The number of carbonyl (C=O) groups is 2. The highest BCUT2D eigenvalue weighted by atomic mass is 19.1. The van der Waals surface area contributed by atoms with Crippen LogP contribution >= 0.6 is 0 Å². The first-order valence-electron chi connectivity index (χ1n) is 9.85. The van der Waals surface area contributed by atoms with Gasteiger partial charge < -0.3 is 19.5 Å². The average Bonchev–Trinajstić information content (AvgIpc) is 3.28. The summed E-state index contributed by atoms with van der Waals surface area (Å²) in [5.74, 6) is -0.155. The highest BCUT2D eigenvalue weighted by molar-refractivity contribution is 5.84. The van der Waals surface area contributed by atoms with Gasteiger partial charge in [-0.1, -0.05) is 17.3 Å². The molecule has 1 N–H and O–H groups in total. The van der Waals surface area contributed by atoms with Crippen molar-refractivity contribution >= 4 is 12.0 Å². The quantitative estimate of drug-likeness (QED) is 0.813. The number of benzene rings is 1. The molecule has 0 spiro atoms. The van der Waals surface area contributed by atoms with Gasteiger partial charge >= 0.3 is 6.09 Å². The second kappa shape index (κ2) is 8.04. The van der Waals surface area contributed by atoms with Gasteiger partial charge in [-0.15, -0.1) is 0 Å². The first-order chi connectivity index (χ1) is 14.0. The van der Waals surface area contributed by atoms with Crippen LogP contribution in [0.2, 0.25) is 0 Å². The Balaban J connectivity index is 1.62. The second-order valence-electron chi connectivity index (χ2n) is 8.87. The predicted molar refractivity (Wildman–Crippen MR) is 107 cm³/mol. The normalized spacial score (nSPS) is 20.1. The number of halogens is 1. The van der Waals surface area contributed by atoms with Crippen LogP contribution in [0.3, 0.4) is 0 Å². The van der Waals surface area contributed by atoms with E-state index in [9.17, 15) is 14.0 Å². The van der Waals surface area contributed by atoms with E-state index < -0.39 is 29.0 Å².